The minimum absolute atomic E-state index is 0.153. The van der Waals surface area contributed by atoms with Crippen molar-refractivity contribution >= 4 is 16.8 Å². The van der Waals surface area contributed by atoms with E-state index in [-0.39, 0.29) is 5.37 Å². The zero-order valence-corrected chi connectivity index (χ0v) is 16.2. The van der Waals surface area contributed by atoms with Gasteiger partial charge in [0.25, 0.3) is 0 Å². The van der Waals surface area contributed by atoms with Crippen molar-refractivity contribution in [2.75, 3.05) is 0 Å². The average Bonchev–Trinajstić information content (AvgIpc) is 3.27. The Morgan fingerprint density at radius 3 is 2.46 bits per heavy atom. The first-order chi connectivity index (χ1) is 12.7. The largest absolute Gasteiger partial charge is 0.318 e. The molecule has 0 amide bonds. The molecule has 0 bridgehead atoms. The molecular formula is C22H23N3S. The van der Waals surface area contributed by atoms with Crippen molar-refractivity contribution in [3.63, 3.8) is 0 Å². The highest BCUT2D eigenvalue weighted by atomic mass is 32.2. The molecule has 1 aliphatic heterocycles. The number of aryl methyl sites for hydroxylation is 2. The average molecular weight is 362 g/mol. The van der Waals surface area contributed by atoms with Gasteiger partial charge in [-0.3, -0.25) is 5.43 Å². The summed E-state index contributed by atoms with van der Waals surface area (Å²) in [4.78, 5) is 0. The standard InChI is InChI=1S/C22H23N3S/c1-4-17-10-12-19(13-11-17)25-15(2)14-20(16(25)3)22-24-23-21(26-22)18-8-6-5-7-9-18/h5-14,22,24H,4H2,1-3H3/t22-/m1/s1. The summed E-state index contributed by atoms with van der Waals surface area (Å²) in [5, 5.41) is 5.76. The lowest BCUT2D eigenvalue weighted by Crippen LogP contribution is -2.08. The summed E-state index contributed by atoms with van der Waals surface area (Å²) in [7, 11) is 0. The van der Waals surface area contributed by atoms with Crippen LogP contribution in [-0.2, 0) is 6.42 Å². The maximum atomic E-state index is 4.56. The number of hydrogen-bond acceptors (Lipinski definition) is 3. The summed E-state index contributed by atoms with van der Waals surface area (Å²) in [6.45, 7) is 6.55. The van der Waals surface area contributed by atoms with Crippen LogP contribution in [0.5, 0.6) is 0 Å². The van der Waals surface area contributed by atoms with E-state index in [1.807, 2.05) is 6.07 Å². The number of nitrogens with zero attached hydrogens (tertiary/aromatic N) is 2. The number of nitrogens with one attached hydrogen (secondary N) is 1. The van der Waals surface area contributed by atoms with Crippen molar-refractivity contribution in [2.45, 2.75) is 32.6 Å². The maximum absolute atomic E-state index is 4.56. The third kappa shape index (κ3) is 3.06. The van der Waals surface area contributed by atoms with Crippen LogP contribution in [0.25, 0.3) is 5.69 Å². The van der Waals surface area contributed by atoms with E-state index in [1.54, 1.807) is 11.8 Å². The molecule has 4 rings (SSSR count). The van der Waals surface area contributed by atoms with Gasteiger partial charge in [-0.15, -0.1) is 0 Å². The second-order valence-corrected chi connectivity index (χ2v) is 7.69. The van der Waals surface area contributed by atoms with Gasteiger partial charge in [-0.05, 0) is 44.0 Å². The highest BCUT2D eigenvalue weighted by Crippen LogP contribution is 2.37. The Labute approximate surface area is 159 Å². The SMILES string of the molecule is CCc1ccc(-n2c(C)cc([C@@H]3NN=C(c4ccccc4)S3)c2C)cc1. The Morgan fingerprint density at radius 1 is 1.04 bits per heavy atom. The van der Waals surface area contributed by atoms with E-state index >= 15 is 0 Å². The maximum Gasteiger partial charge on any atom is 0.126 e. The van der Waals surface area contributed by atoms with Crippen LogP contribution >= 0.6 is 11.8 Å². The van der Waals surface area contributed by atoms with Gasteiger partial charge >= 0.3 is 0 Å². The molecule has 3 aromatic rings. The highest BCUT2D eigenvalue weighted by molar-refractivity contribution is 8.14. The number of rotatable bonds is 4. The molecule has 132 valence electrons. The topological polar surface area (TPSA) is 29.3 Å². The van der Waals surface area contributed by atoms with Gasteiger partial charge in [0.2, 0.25) is 0 Å². The van der Waals surface area contributed by atoms with Crippen molar-refractivity contribution in [1.29, 1.82) is 0 Å². The summed E-state index contributed by atoms with van der Waals surface area (Å²) >= 11 is 1.78. The van der Waals surface area contributed by atoms with Crippen LogP contribution < -0.4 is 5.43 Å². The minimum Gasteiger partial charge on any atom is -0.318 e. The molecule has 0 spiro atoms. The Morgan fingerprint density at radius 2 is 1.77 bits per heavy atom. The number of hydrazone groups is 1. The van der Waals surface area contributed by atoms with Crippen molar-refractivity contribution < 1.29 is 0 Å². The van der Waals surface area contributed by atoms with Gasteiger partial charge in [-0.25, -0.2) is 0 Å². The fourth-order valence-electron chi connectivity index (χ4n) is 3.46. The van der Waals surface area contributed by atoms with Crippen molar-refractivity contribution in [1.82, 2.24) is 9.99 Å². The highest BCUT2D eigenvalue weighted by Gasteiger charge is 2.26. The molecule has 1 aliphatic rings. The van der Waals surface area contributed by atoms with E-state index in [2.05, 4.69) is 90.5 Å². The molecule has 0 unspecified atom stereocenters. The molecule has 1 N–H and O–H groups in total. The third-order valence-corrected chi connectivity index (χ3v) is 6.03. The monoisotopic (exact) mass is 361 g/mol. The molecule has 0 aliphatic carbocycles. The van der Waals surface area contributed by atoms with Crippen LogP contribution in [0.15, 0.2) is 65.8 Å². The number of thioether (sulfide) groups is 1. The Hall–Kier alpha value is -2.46. The fraction of sp³-hybridized carbons (Fsp3) is 0.227. The molecule has 1 aromatic heterocycles. The Balaban J connectivity index is 1.61. The van der Waals surface area contributed by atoms with Crippen LogP contribution in [0.2, 0.25) is 0 Å². The van der Waals surface area contributed by atoms with Crippen LogP contribution in [0.1, 0.15) is 40.4 Å². The van der Waals surface area contributed by atoms with Crippen LogP contribution in [0, 0.1) is 13.8 Å². The first kappa shape index (κ1) is 17.0. The van der Waals surface area contributed by atoms with E-state index in [1.165, 1.54) is 28.2 Å². The molecular weight excluding hydrogens is 338 g/mol. The smallest absolute Gasteiger partial charge is 0.126 e. The number of aromatic nitrogens is 1. The zero-order valence-electron chi connectivity index (χ0n) is 15.4. The fourth-order valence-corrected chi connectivity index (χ4v) is 4.53. The van der Waals surface area contributed by atoms with Gasteiger partial charge in [0, 0.05) is 28.2 Å². The zero-order chi connectivity index (χ0) is 18.1. The summed E-state index contributed by atoms with van der Waals surface area (Å²) in [5.41, 5.74) is 10.9. The Bertz CT molecular complexity index is 940. The minimum atomic E-state index is 0.153. The molecule has 0 fully saturated rings. The molecule has 1 atom stereocenters. The van der Waals surface area contributed by atoms with Gasteiger partial charge in [-0.2, -0.15) is 5.10 Å². The second-order valence-electron chi connectivity index (χ2n) is 6.59. The second kappa shape index (κ2) is 7.04. The number of benzene rings is 2. The van der Waals surface area contributed by atoms with Crippen molar-refractivity contribution in [2.24, 2.45) is 5.10 Å². The van der Waals surface area contributed by atoms with Gasteiger partial charge in [0.15, 0.2) is 0 Å². The molecule has 0 saturated heterocycles. The van der Waals surface area contributed by atoms with Gasteiger partial charge in [0.05, 0.1) is 0 Å². The van der Waals surface area contributed by atoms with Gasteiger partial charge < -0.3 is 4.57 Å². The first-order valence-electron chi connectivity index (χ1n) is 9.01. The summed E-state index contributed by atoms with van der Waals surface area (Å²) < 4.78 is 2.33. The van der Waals surface area contributed by atoms with Crippen LogP contribution in [-0.4, -0.2) is 9.61 Å². The lowest BCUT2D eigenvalue weighted by molar-refractivity contribution is 0.737. The van der Waals surface area contributed by atoms with E-state index < -0.39 is 0 Å². The molecule has 0 saturated carbocycles. The van der Waals surface area contributed by atoms with Gasteiger partial charge in [-0.1, -0.05) is 61.2 Å². The normalized spacial score (nSPS) is 16.4. The first-order valence-corrected chi connectivity index (χ1v) is 9.88. The third-order valence-electron chi connectivity index (χ3n) is 4.89. The molecule has 3 nitrogen and oxygen atoms in total. The quantitative estimate of drug-likeness (QED) is 0.678. The predicted octanol–water partition coefficient (Wildman–Crippen LogP) is 5.35. The van der Waals surface area contributed by atoms with Crippen LogP contribution in [0.3, 0.4) is 0 Å². The molecule has 0 radical (unpaired) electrons. The molecule has 2 aromatic carbocycles. The summed E-state index contributed by atoms with van der Waals surface area (Å²) in [6.07, 6.45) is 1.07. The number of hydrogen-bond donors (Lipinski definition) is 1. The summed E-state index contributed by atoms with van der Waals surface area (Å²) in [6, 6.07) is 21.5. The lowest BCUT2D eigenvalue weighted by atomic mass is 10.1. The predicted molar refractivity (Wildman–Crippen MR) is 111 cm³/mol. The summed E-state index contributed by atoms with van der Waals surface area (Å²) in [5.74, 6) is 0. The molecule has 26 heavy (non-hydrogen) atoms. The van der Waals surface area contributed by atoms with E-state index in [0.29, 0.717) is 0 Å². The van der Waals surface area contributed by atoms with E-state index in [0.717, 1.165) is 17.0 Å². The molecule has 2 heterocycles. The van der Waals surface area contributed by atoms with E-state index in [9.17, 15) is 0 Å². The van der Waals surface area contributed by atoms with Crippen molar-refractivity contribution in [3.05, 3.63) is 88.7 Å². The lowest BCUT2D eigenvalue weighted by Gasteiger charge is -2.13. The van der Waals surface area contributed by atoms with Crippen LogP contribution in [0.4, 0.5) is 0 Å². The molecule has 4 heteroatoms. The Kier molecular flexibility index (Phi) is 4.60. The van der Waals surface area contributed by atoms with Gasteiger partial charge in [0.1, 0.15) is 10.4 Å². The van der Waals surface area contributed by atoms with Crippen molar-refractivity contribution in [3.8, 4) is 5.69 Å². The van der Waals surface area contributed by atoms with E-state index in [4.69, 9.17) is 0 Å².